The highest BCUT2D eigenvalue weighted by molar-refractivity contribution is 6.08. The molecule has 3 amide bonds. The Morgan fingerprint density at radius 1 is 1.08 bits per heavy atom. The zero-order chi connectivity index (χ0) is 26.5. The van der Waals surface area contributed by atoms with Crippen LogP contribution in [0.4, 0.5) is 11.5 Å². The number of nitrogen functional groups attached to an aromatic ring is 1. The van der Waals surface area contributed by atoms with Crippen LogP contribution in [-0.4, -0.2) is 54.0 Å². The maximum atomic E-state index is 13.0. The monoisotopic (exact) mass is 497 g/mol. The van der Waals surface area contributed by atoms with Gasteiger partial charge < -0.3 is 16.2 Å². The van der Waals surface area contributed by atoms with Crippen molar-refractivity contribution in [3.63, 3.8) is 0 Å². The van der Waals surface area contributed by atoms with Crippen LogP contribution < -0.4 is 11.1 Å². The molecule has 0 saturated carbocycles. The van der Waals surface area contributed by atoms with Crippen LogP contribution in [0.15, 0.2) is 80.2 Å². The van der Waals surface area contributed by atoms with Gasteiger partial charge in [-0.15, -0.1) is 0 Å². The molecule has 0 atom stereocenters. The third-order valence-electron chi connectivity index (χ3n) is 5.44. The Bertz CT molecular complexity index is 1530. The molecule has 2 aromatic heterocycles. The highest BCUT2D eigenvalue weighted by atomic mass is 16.3. The summed E-state index contributed by atoms with van der Waals surface area (Å²) in [4.78, 5) is 46.7. The van der Waals surface area contributed by atoms with E-state index in [1.54, 1.807) is 36.4 Å². The predicted octanol–water partition coefficient (Wildman–Crippen LogP) is 2.76. The standard InChI is InChI=1S/C26H23N7O4/c1-3-20(35)30-18-12-17(13-19(34)14-18)23-22-24(27)28-15-29-25(22)33(31-23)11-10-32(21(36)4-2)26(37)16-8-6-5-7-9-16/h3-9,12-15,34H,1-2,10-11H2,(H,30,35)(H2,27,28,29). The number of carbonyl (C=O) groups excluding carboxylic acids is 3. The number of nitrogens with one attached hydrogen (secondary N) is 1. The fourth-order valence-corrected chi connectivity index (χ4v) is 3.76. The van der Waals surface area contributed by atoms with Gasteiger partial charge in [-0.2, -0.15) is 5.10 Å². The molecule has 0 radical (unpaired) electrons. The molecule has 4 N–H and O–H groups in total. The number of phenols is 1. The van der Waals surface area contributed by atoms with Gasteiger partial charge in [0.15, 0.2) is 5.65 Å². The number of benzene rings is 2. The SMILES string of the molecule is C=CC(=O)Nc1cc(O)cc(-c2nn(CCN(C(=O)C=C)C(=O)c3ccccc3)c3ncnc(N)c23)c1. The lowest BCUT2D eigenvalue weighted by Crippen LogP contribution is -2.38. The first-order chi connectivity index (χ1) is 17.8. The van der Waals surface area contributed by atoms with Gasteiger partial charge >= 0.3 is 0 Å². The molecule has 0 aliphatic carbocycles. The minimum absolute atomic E-state index is 0.0284. The lowest BCUT2D eigenvalue weighted by atomic mass is 10.1. The van der Waals surface area contributed by atoms with Crippen LogP contribution in [0.25, 0.3) is 22.3 Å². The summed E-state index contributed by atoms with van der Waals surface area (Å²) in [5.41, 5.74) is 7.96. The highest BCUT2D eigenvalue weighted by Crippen LogP contribution is 2.34. The van der Waals surface area contributed by atoms with Gasteiger partial charge in [-0.05, 0) is 36.4 Å². The lowest BCUT2D eigenvalue weighted by Gasteiger charge is -2.19. The maximum absolute atomic E-state index is 13.0. The number of hydrogen-bond donors (Lipinski definition) is 3. The highest BCUT2D eigenvalue weighted by Gasteiger charge is 2.23. The van der Waals surface area contributed by atoms with E-state index in [9.17, 15) is 19.5 Å². The van der Waals surface area contributed by atoms with Gasteiger partial charge in [0, 0.05) is 29.4 Å². The van der Waals surface area contributed by atoms with Crippen molar-refractivity contribution >= 4 is 40.3 Å². The number of nitrogens with zero attached hydrogens (tertiary/aromatic N) is 5. The van der Waals surface area contributed by atoms with Crippen LogP contribution >= 0.6 is 0 Å². The topological polar surface area (TPSA) is 156 Å². The third-order valence-corrected chi connectivity index (χ3v) is 5.44. The van der Waals surface area contributed by atoms with E-state index >= 15 is 0 Å². The molecule has 0 spiro atoms. The summed E-state index contributed by atoms with van der Waals surface area (Å²) < 4.78 is 1.50. The quantitative estimate of drug-likeness (QED) is 0.314. The van der Waals surface area contributed by atoms with E-state index in [1.165, 1.54) is 23.1 Å². The molecule has 11 nitrogen and oxygen atoms in total. The van der Waals surface area contributed by atoms with Crippen molar-refractivity contribution in [3.8, 4) is 17.0 Å². The number of anilines is 2. The molecule has 186 valence electrons. The zero-order valence-corrected chi connectivity index (χ0v) is 19.7. The first-order valence-electron chi connectivity index (χ1n) is 11.1. The molecule has 0 aliphatic heterocycles. The number of fused-ring (bicyclic) bond motifs is 1. The smallest absolute Gasteiger partial charge is 0.260 e. The Kier molecular flexibility index (Phi) is 7.05. The number of hydrogen-bond acceptors (Lipinski definition) is 8. The fourth-order valence-electron chi connectivity index (χ4n) is 3.76. The summed E-state index contributed by atoms with van der Waals surface area (Å²) in [5.74, 6) is -1.47. The lowest BCUT2D eigenvalue weighted by molar-refractivity contribution is -0.123. The summed E-state index contributed by atoms with van der Waals surface area (Å²) in [7, 11) is 0. The molecule has 37 heavy (non-hydrogen) atoms. The van der Waals surface area contributed by atoms with Crippen molar-refractivity contribution in [1.29, 1.82) is 0 Å². The van der Waals surface area contributed by atoms with Crippen molar-refractivity contribution in [3.05, 3.63) is 85.7 Å². The van der Waals surface area contributed by atoms with Crippen LogP contribution in [-0.2, 0) is 16.1 Å². The fraction of sp³-hybridized carbons (Fsp3) is 0.0769. The van der Waals surface area contributed by atoms with Crippen molar-refractivity contribution in [1.82, 2.24) is 24.6 Å². The van der Waals surface area contributed by atoms with Crippen LogP contribution in [0.5, 0.6) is 5.75 Å². The van der Waals surface area contributed by atoms with Gasteiger partial charge in [-0.3, -0.25) is 19.3 Å². The van der Waals surface area contributed by atoms with E-state index in [4.69, 9.17) is 5.73 Å². The van der Waals surface area contributed by atoms with Crippen molar-refractivity contribution in [2.45, 2.75) is 6.54 Å². The second-order valence-corrected chi connectivity index (χ2v) is 7.86. The maximum Gasteiger partial charge on any atom is 0.260 e. The molecule has 4 rings (SSSR count). The number of aromatic hydroxyl groups is 1. The molecular weight excluding hydrogens is 474 g/mol. The Morgan fingerprint density at radius 3 is 2.54 bits per heavy atom. The van der Waals surface area contributed by atoms with Gasteiger partial charge in [0.2, 0.25) is 5.91 Å². The van der Waals surface area contributed by atoms with E-state index in [1.807, 2.05) is 0 Å². The van der Waals surface area contributed by atoms with Crippen LogP contribution in [0.1, 0.15) is 10.4 Å². The summed E-state index contributed by atoms with van der Waals surface area (Å²) >= 11 is 0. The van der Waals surface area contributed by atoms with Gasteiger partial charge in [0.1, 0.15) is 23.6 Å². The summed E-state index contributed by atoms with van der Waals surface area (Å²) in [6.07, 6.45) is 3.45. The molecule has 2 aromatic carbocycles. The summed E-state index contributed by atoms with van der Waals surface area (Å²) in [6.45, 7) is 6.98. The molecule has 0 saturated heterocycles. The van der Waals surface area contributed by atoms with Gasteiger partial charge in [0.05, 0.1) is 11.9 Å². The average molecular weight is 498 g/mol. The first-order valence-corrected chi connectivity index (χ1v) is 11.1. The number of aromatic nitrogens is 4. The average Bonchev–Trinajstić information content (AvgIpc) is 3.28. The van der Waals surface area contributed by atoms with E-state index < -0.39 is 17.7 Å². The van der Waals surface area contributed by atoms with Crippen molar-refractivity contribution in [2.75, 3.05) is 17.6 Å². The third kappa shape index (κ3) is 5.20. The van der Waals surface area contributed by atoms with E-state index in [0.29, 0.717) is 33.5 Å². The largest absolute Gasteiger partial charge is 0.508 e. The van der Waals surface area contributed by atoms with Crippen LogP contribution in [0.2, 0.25) is 0 Å². The van der Waals surface area contributed by atoms with E-state index in [0.717, 1.165) is 17.1 Å². The summed E-state index contributed by atoms with van der Waals surface area (Å²) in [6, 6.07) is 12.8. The molecule has 11 heteroatoms. The molecule has 4 aromatic rings. The van der Waals surface area contributed by atoms with Gasteiger partial charge in [-0.25, -0.2) is 14.6 Å². The number of carbonyl (C=O) groups is 3. The number of rotatable bonds is 8. The molecule has 0 unspecified atom stereocenters. The van der Waals surface area contributed by atoms with E-state index in [2.05, 4.69) is 33.5 Å². The Morgan fingerprint density at radius 2 is 1.84 bits per heavy atom. The molecule has 2 heterocycles. The van der Waals surface area contributed by atoms with Gasteiger partial charge in [-0.1, -0.05) is 31.4 Å². The predicted molar refractivity (Wildman–Crippen MR) is 138 cm³/mol. The number of amides is 3. The molecule has 0 aliphatic rings. The Labute approximate surface area is 211 Å². The summed E-state index contributed by atoms with van der Waals surface area (Å²) in [5, 5.41) is 17.9. The second kappa shape index (κ2) is 10.5. The van der Waals surface area contributed by atoms with Gasteiger partial charge in [0.25, 0.3) is 11.8 Å². The number of nitrogens with two attached hydrogens (primary N) is 1. The molecular formula is C26H23N7O4. The van der Waals surface area contributed by atoms with Crippen molar-refractivity contribution < 1.29 is 19.5 Å². The minimum Gasteiger partial charge on any atom is -0.508 e. The zero-order valence-electron chi connectivity index (χ0n) is 19.7. The minimum atomic E-state index is -0.560. The Balaban J connectivity index is 1.73. The van der Waals surface area contributed by atoms with Crippen LogP contribution in [0, 0.1) is 0 Å². The normalized spacial score (nSPS) is 10.6. The first kappa shape index (κ1) is 24.8. The number of phenolic OH excluding ortho intramolecular Hbond substituents is 1. The van der Waals surface area contributed by atoms with Crippen LogP contribution in [0.3, 0.4) is 0 Å². The Hall–Kier alpha value is -5.32. The van der Waals surface area contributed by atoms with Crippen molar-refractivity contribution in [2.24, 2.45) is 0 Å². The molecule has 0 bridgehead atoms. The second-order valence-electron chi connectivity index (χ2n) is 7.86. The molecule has 0 fully saturated rings. The van der Waals surface area contributed by atoms with E-state index in [-0.39, 0.29) is 24.7 Å². The number of imide groups is 1.